The van der Waals surface area contributed by atoms with Gasteiger partial charge in [0.1, 0.15) is 6.61 Å². The number of rotatable bonds is 3. The smallest absolute Gasteiger partial charge is 0.293 e. The fourth-order valence-corrected chi connectivity index (χ4v) is 1.15. The van der Waals surface area contributed by atoms with Gasteiger partial charge in [0.2, 0.25) is 0 Å². The third-order valence-electron chi connectivity index (χ3n) is 1.66. The van der Waals surface area contributed by atoms with E-state index < -0.39 is 0 Å². The molecule has 0 saturated carbocycles. The summed E-state index contributed by atoms with van der Waals surface area (Å²) in [5.41, 5.74) is 1.09. The van der Waals surface area contributed by atoms with Gasteiger partial charge in [-0.25, -0.2) is 0 Å². The van der Waals surface area contributed by atoms with Crippen molar-refractivity contribution in [3.8, 4) is 0 Å². The molecule has 0 fully saturated rings. The second-order valence-electron chi connectivity index (χ2n) is 2.76. The Morgan fingerprint density at radius 1 is 1.82 bits per heavy atom. The largest absolute Gasteiger partial charge is 0.463 e. The van der Waals surface area contributed by atoms with Gasteiger partial charge >= 0.3 is 0 Å². The molecular formula is C9H12O2. The van der Waals surface area contributed by atoms with E-state index in [0.717, 1.165) is 12.0 Å². The summed E-state index contributed by atoms with van der Waals surface area (Å²) in [6.07, 6.45) is 7.33. The zero-order chi connectivity index (χ0) is 8.10. The maximum Gasteiger partial charge on any atom is 0.293 e. The van der Waals surface area contributed by atoms with Crippen LogP contribution in [0.2, 0.25) is 0 Å². The van der Waals surface area contributed by atoms with Gasteiger partial charge in [-0.3, -0.25) is 4.79 Å². The lowest BCUT2D eigenvalue weighted by atomic mass is 9.99. The lowest BCUT2D eigenvalue weighted by molar-refractivity contribution is -0.127. The molecule has 0 aromatic carbocycles. The summed E-state index contributed by atoms with van der Waals surface area (Å²) >= 11 is 0. The van der Waals surface area contributed by atoms with Crippen molar-refractivity contribution in [2.45, 2.75) is 13.3 Å². The highest BCUT2D eigenvalue weighted by molar-refractivity contribution is 5.38. The standard InChI is InChI=1S/C9H12O2/c1-8-3-2-4-9(5-8)6-11-7-10/h2,4-5,7-8H,3,6H2,1H3. The SMILES string of the molecule is CC1C=C(COC=O)C=CC1. The average Bonchev–Trinajstić information content (AvgIpc) is 2.01. The van der Waals surface area contributed by atoms with E-state index in [9.17, 15) is 4.79 Å². The summed E-state index contributed by atoms with van der Waals surface area (Å²) < 4.78 is 4.62. The van der Waals surface area contributed by atoms with Crippen LogP contribution in [0.3, 0.4) is 0 Å². The summed E-state index contributed by atoms with van der Waals surface area (Å²) in [4.78, 5) is 9.86. The third kappa shape index (κ3) is 2.58. The van der Waals surface area contributed by atoms with Gasteiger partial charge in [0.15, 0.2) is 0 Å². The molecule has 0 bridgehead atoms. The van der Waals surface area contributed by atoms with Crippen molar-refractivity contribution in [2.24, 2.45) is 5.92 Å². The van der Waals surface area contributed by atoms with Crippen LogP contribution in [-0.2, 0) is 9.53 Å². The Morgan fingerprint density at radius 3 is 3.27 bits per heavy atom. The highest BCUT2D eigenvalue weighted by Crippen LogP contribution is 2.15. The molecule has 0 heterocycles. The monoisotopic (exact) mass is 152 g/mol. The van der Waals surface area contributed by atoms with Gasteiger partial charge in [0.25, 0.3) is 6.47 Å². The van der Waals surface area contributed by atoms with E-state index in [1.807, 2.05) is 6.08 Å². The summed E-state index contributed by atoms with van der Waals surface area (Å²) in [5.74, 6) is 0.574. The van der Waals surface area contributed by atoms with Crippen LogP contribution in [0.5, 0.6) is 0 Å². The number of hydrogen-bond donors (Lipinski definition) is 0. The minimum atomic E-state index is 0.407. The van der Waals surface area contributed by atoms with Crippen LogP contribution in [0, 0.1) is 5.92 Å². The van der Waals surface area contributed by atoms with Crippen LogP contribution in [0.1, 0.15) is 13.3 Å². The van der Waals surface area contributed by atoms with Crippen LogP contribution >= 0.6 is 0 Å². The Hall–Kier alpha value is -1.05. The second-order valence-corrected chi connectivity index (χ2v) is 2.76. The summed E-state index contributed by atoms with van der Waals surface area (Å²) in [5, 5.41) is 0. The van der Waals surface area contributed by atoms with Crippen LogP contribution in [-0.4, -0.2) is 13.1 Å². The minimum absolute atomic E-state index is 0.407. The average molecular weight is 152 g/mol. The molecule has 60 valence electrons. The molecule has 0 spiro atoms. The summed E-state index contributed by atoms with van der Waals surface area (Å²) in [7, 11) is 0. The zero-order valence-electron chi connectivity index (χ0n) is 6.62. The van der Waals surface area contributed by atoms with Crippen molar-refractivity contribution in [1.82, 2.24) is 0 Å². The number of carbonyl (C=O) groups is 1. The molecule has 0 aromatic rings. The van der Waals surface area contributed by atoms with E-state index in [2.05, 4.69) is 23.8 Å². The van der Waals surface area contributed by atoms with Gasteiger partial charge < -0.3 is 4.74 Å². The van der Waals surface area contributed by atoms with Gasteiger partial charge in [-0.15, -0.1) is 0 Å². The number of allylic oxidation sites excluding steroid dienone is 2. The number of carbonyl (C=O) groups excluding carboxylic acids is 1. The van der Waals surface area contributed by atoms with E-state index in [1.54, 1.807) is 0 Å². The first kappa shape index (κ1) is 8.05. The number of hydrogen-bond acceptors (Lipinski definition) is 2. The molecule has 0 saturated heterocycles. The Kier molecular flexibility index (Phi) is 2.90. The highest BCUT2D eigenvalue weighted by atomic mass is 16.5. The molecule has 0 aromatic heterocycles. The van der Waals surface area contributed by atoms with E-state index >= 15 is 0 Å². The van der Waals surface area contributed by atoms with Gasteiger partial charge in [-0.05, 0) is 17.9 Å². The highest BCUT2D eigenvalue weighted by Gasteiger charge is 2.03. The van der Waals surface area contributed by atoms with Crippen LogP contribution in [0.15, 0.2) is 23.8 Å². The van der Waals surface area contributed by atoms with Crippen molar-refractivity contribution in [3.63, 3.8) is 0 Å². The van der Waals surface area contributed by atoms with E-state index in [-0.39, 0.29) is 0 Å². The first-order valence-corrected chi connectivity index (χ1v) is 3.75. The molecule has 1 unspecified atom stereocenters. The van der Waals surface area contributed by atoms with Crippen LogP contribution < -0.4 is 0 Å². The maximum absolute atomic E-state index is 9.86. The predicted molar refractivity (Wildman–Crippen MR) is 43.0 cm³/mol. The van der Waals surface area contributed by atoms with Gasteiger partial charge in [0.05, 0.1) is 0 Å². The lowest BCUT2D eigenvalue weighted by Crippen LogP contribution is -2.01. The molecule has 0 aliphatic heterocycles. The van der Waals surface area contributed by atoms with E-state index in [0.29, 0.717) is 19.0 Å². The normalized spacial score (nSPS) is 22.6. The first-order valence-electron chi connectivity index (χ1n) is 3.75. The molecule has 1 atom stereocenters. The maximum atomic E-state index is 9.86. The van der Waals surface area contributed by atoms with Gasteiger partial charge in [0, 0.05) is 0 Å². The molecule has 0 amide bonds. The molecule has 2 nitrogen and oxygen atoms in total. The molecule has 11 heavy (non-hydrogen) atoms. The number of ether oxygens (including phenoxy) is 1. The van der Waals surface area contributed by atoms with Crippen molar-refractivity contribution in [2.75, 3.05) is 6.61 Å². The molecule has 0 N–H and O–H groups in total. The molecular weight excluding hydrogens is 140 g/mol. The molecule has 1 aliphatic carbocycles. The fourth-order valence-electron chi connectivity index (χ4n) is 1.15. The Morgan fingerprint density at radius 2 is 2.64 bits per heavy atom. The third-order valence-corrected chi connectivity index (χ3v) is 1.66. The molecule has 1 rings (SSSR count). The van der Waals surface area contributed by atoms with Gasteiger partial charge in [-0.2, -0.15) is 0 Å². The Labute approximate surface area is 66.5 Å². The molecule has 1 aliphatic rings. The Bertz CT molecular complexity index is 192. The summed E-state index contributed by atoms with van der Waals surface area (Å²) in [6.45, 7) is 3.03. The lowest BCUT2D eigenvalue weighted by Gasteiger charge is -2.10. The Balaban J connectivity index is 2.43. The zero-order valence-corrected chi connectivity index (χ0v) is 6.62. The van der Waals surface area contributed by atoms with Crippen LogP contribution in [0.25, 0.3) is 0 Å². The quantitative estimate of drug-likeness (QED) is 0.575. The van der Waals surface area contributed by atoms with Crippen molar-refractivity contribution in [3.05, 3.63) is 23.8 Å². The van der Waals surface area contributed by atoms with E-state index in [1.165, 1.54) is 0 Å². The predicted octanol–water partition coefficient (Wildman–Crippen LogP) is 1.68. The van der Waals surface area contributed by atoms with Crippen molar-refractivity contribution < 1.29 is 9.53 Å². The molecule has 2 heteroatoms. The summed E-state index contributed by atoms with van der Waals surface area (Å²) in [6, 6.07) is 0. The van der Waals surface area contributed by atoms with Crippen molar-refractivity contribution in [1.29, 1.82) is 0 Å². The van der Waals surface area contributed by atoms with Crippen molar-refractivity contribution >= 4 is 6.47 Å². The van der Waals surface area contributed by atoms with Crippen LogP contribution in [0.4, 0.5) is 0 Å². The fraction of sp³-hybridized carbons (Fsp3) is 0.444. The second kappa shape index (κ2) is 3.96. The van der Waals surface area contributed by atoms with E-state index in [4.69, 9.17) is 0 Å². The minimum Gasteiger partial charge on any atom is -0.463 e. The first-order chi connectivity index (χ1) is 5.33. The molecule has 0 radical (unpaired) electrons. The van der Waals surface area contributed by atoms with Gasteiger partial charge in [-0.1, -0.05) is 25.2 Å². The topological polar surface area (TPSA) is 26.3 Å².